The summed E-state index contributed by atoms with van der Waals surface area (Å²) >= 11 is 13.4. The smallest absolute Gasteiger partial charge is 0.230 e. The third kappa shape index (κ3) is 5.00. The van der Waals surface area contributed by atoms with Crippen LogP contribution >= 0.6 is 35.0 Å². The van der Waals surface area contributed by atoms with E-state index in [1.54, 1.807) is 19.2 Å². The Morgan fingerprint density at radius 1 is 1.25 bits per heavy atom. The number of carbonyl (C=O) groups excluding carboxylic acids is 1. The van der Waals surface area contributed by atoms with Crippen LogP contribution < -0.4 is 5.32 Å². The van der Waals surface area contributed by atoms with E-state index >= 15 is 0 Å². The molecule has 0 saturated carbocycles. The van der Waals surface area contributed by atoms with Crippen molar-refractivity contribution in [1.29, 1.82) is 0 Å². The zero-order valence-electron chi connectivity index (χ0n) is 15.6. The first-order chi connectivity index (χ1) is 13.5. The summed E-state index contributed by atoms with van der Waals surface area (Å²) in [6.45, 7) is 3.17. The number of carbonyl (C=O) groups is 1. The van der Waals surface area contributed by atoms with Crippen LogP contribution in [0.2, 0.25) is 10.0 Å². The van der Waals surface area contributed by atoms with E-state index in [1.165, 1.54) is 11.8 Å². The lowest BCUT2D eigenvalue weighted by Gasteiger charge is -2.15. The Balaban J connectivity index is 1.66. The number of thioether (sulfide) groups is 1. The molecule has 1 amide bonds. The van der Waals surface area contributed by atoms with Crippen molar-refractivity contribution in [3.8, 4) is 0 Å². The lowest BCUT2D eigenvalue weighted by Crippen LogP contribution is -2.28. The summed E-state index contributed by atoms with van der Waals surface area (Å²) in [6, 6.07) is 13.1. The van der Waals surface area contributed by atoms with E-state index in [4.69, 9.17) is 27.9 Å². The summed E-state index contributed by atoms with van der Waals surface area (Å²) in [5.41, 5.74) is 2.84. The zero-order chi connectivity index (χ0) is 20.1. The molecule has 28 heavy (non-hydrogen) atoms. The summed E-state index contributed by atoms with van der Waals surface area (Å²) in [5.74, 6) is 0.191. The highest BCUT2D eigenvalue weighted by Crippen LogP contribution is 2.26. The molecule has 5 nitrogen and oxygen atoms in total. The molecule has 1 heterocycles. The Hall–Kier alpha value is -1.73. The molecule has 148 valence electrons. The van der Waals surface area contributed by atoms with Gasteiger partial charge < -0.3 is 14.6 Å². The normalized spacial score (nSPS) is 12.3. The second-order valence-corrected chi connectivity index (χ2v) is 8.04. The highest BCUT2D eigenvalue weighted by Gasteiger charge is 2.15. The Morgan fingerprint density at radius 3 is 2.79 bits per heavy atom. The molecule has 3 aromatic rings. The molecule has 0 saturated heterocycles. The highest BCUT2D eigenvalue weighted by molar-refractivity contribution is 7.99. The standard InChI is InChI=1S/C20H21Cl2N3O2S/c1-13(14-7-8-15(21)16(22)11-14)23-19(26)12-28-20-24-17-5-3-4-6-18(17)25(20)9-10-27-2/h3-8,11,13H,9-10,12H2,1-2H3,(H,23,26). The van der Waals surface area contributed by atoms with Crippen molar-refractivity contribution in [2.45, 2.75) is 24.7 Å². The number of nitrogens with one attached hydrogen (secondary N) is 1. The highest BCUT2D eigenvalue weighted by atomic mass is 35.5. The van der Waals surface area contributed by atoms with Crippen molar-refractivity contribution in [3.05, 3.63) is 58.1 Å². The van der Waals surface area contributed by atoms with E-state index in [1.807, 2.05) is 37.3 Å². The van der Waals surface area contributed by atoms with Gasteiger partial charge in [0.1, 0.15) is 0 Å². The minimum Gasteiger partial charge on any atom is -0.383 e. The molecule has 0 fully saturated rings. The van der Waals surface area contributed by atoms with Gasteiger partial charge in [-0.05, 0) is 36.8 Å². The predicted octanol–water partition coefficient (Wildman–Crippen LogP) is 4.96. The van der Waals surface area contributed by atoms with Gasteiger partial charge in [0.05, 0.1) is 39.5 Å². The first-order valence-electron chi connectivity index (χ1n) is 8.81. The maximum Gasteiger partial charge on any atom is 0.230 e. The Kier molecular flexibility index (Phi) is 7.24. The summed E-state index contributed by atoms with van der Waals surface area (Å²) < 4.78 is 7.29. The maximum absolute atomic E-state index is 12.4. The monoisotopic (exact) mass is 437 g/mol. The molecule has 1 atom stereocenters. The summed E-state index contributed by atoms with van der Waals surface area (Å²) in [7, 11) is 1.67. The molecule has 0 aliphatic rings. The van der Waals surface area contributed by atoms with Gasteiger partial charge in [-0.25, -0.2) is 4.98 Å². The lowest BCUT2D eigenvalue weighted by molar-refractivity contribution is -0.119. The Labute approximate surface area is 178 Å². The number of ether oxygens (including phenoxy) is 1. The number of amides is 1. The molecule has 2 aromatic carbocycles. The van der Waals surface area contributed by atoms with E-state index in [9.17, 15) is 4.79 Å². The molecular weight excluding hydrogens is 417 g/mol. The van der Waals surface area contributed by atoms with E-state index in [0.717, 1.165) is 21.8 Å². The van der Waals surface area contributed by atoms with Crippen LogP contribution in [0.25, 0.3) is 11.0 Å². The van der Waals surface area contributed by atoms with Gasteiger partial charge in [-0.15, -0.1) is 0 Å². The number of imidazole rings is 1. The average Bonchev–Trinajstić information content (AvgIpc) is 3.04. The van der Waals surface area contributed by atoms with Crippen molar-refractivity contribution in [3.63, 3.8) is 0 Å². The average molecular weight is 438 g/mol. The van der Waals surface area contributed by atoms with Crippen LogP contribution in [0.1, 0.15) is 18.5 Å². The van der Waals surface area contributed by atoms with Crippen LogP contribution in [0.3, 0.4) is 0 Å². The van der Waals surface area contributed by atoms with Crippen LogP contribution in [0.15, 0.2) is 47.6 Å². The third-order valence-corrected chi connectivity index (χ3v) is 6.01. The molecule has 1 aromatic heterocycles. The molecule has 0 aliphatic carbocycles. The topological polar surface area (TPSA) is 56.1 Å². The molecular formula is C20H21Cl2N3O2S. The van der Waals surface area contributed by atoms with Crippen molar-refractivity contribution in [1.82, 2.24) is 14.9 Å². The SMILES string of the molecule is COCCn1c(SCC(=O)NC(C)c2ccc(Cl)c(Cl)c2)nc2ccccc21. The summed E-state index contributed by atoms with van der Waals surface area (Å²) in [5, 5.41) is 4.76. The fourth-order valence-corrected chi connectivity index (χ4v) is 4.00. The third-order valence-electron chi connectivity index (χ3n) is 4.29. The molecule has 1 N–H and O–H groups in total. The summed E-state index contributed by atoms with van der Waals surface area (Å²) in [4.78, 5) is 17.1. The van der Waals surface area contributed by atoms with Crippen LogP contribution in [-0.4, -0.2) is 34.9 Å². The first kappa shape index (κ1) is 21.0. The second kappa shape index (κ2) is 9.65. The molecule has 3 rings (SSSR count). The molecule has 1 unspecified atom stereocenters. The number of methoxy groups -OCH3 is 1. The Morgan fingerprint density at radius 2 is 2.04 bits per heavy atom. The number of rotatable bonds is 8. The van der Waals surface area contributed by atoms with Gasteiger partial charge in [0, 0.05) is 13.7 Å². The van der Waals surface area contributed by atoms with Gasteiger partial charge >= 0.3 is 0 Å². The molecule has 0 aliphatic heterocycles. The largest absolute Gasteiger partial charge is 0.383 e. The number of para-hydroxylation sites is 2. The van der Waals surface area contributed by atoms with E-state index in [0.29, 0.717) is 23.2 Å². The second-order valence-electron chi connectivity index (χ2n) is 6.28. The van der Waals surface area contributed by atoms with Gasteiger partial charge in [0.25, 0.3) is 0 Å². The van der Waals surface area contributed by atoms with Crippen LogP contribution in [0, 0.1) is 0 Å². The van der Waals surface area contributed by atoms with Gasteiger partial charge in [0.2, 0.25) is 5.91 Å². The predicted molar refractivity (Wildman–Crippen MR) is 115 cm³/mol. The maximum atomic E-state index is 12.4. The number of hydrogen-bond acceptors (Lipinski definition) is 4. The fraction of sp³-hybridized carbons (Fsp3) is 0.300. The summed E-state index contributed by atoms with van der Waals surface area (Å²) in [6.07, 6.45) is 0. The van der Waals surface area contributed by atoms with E-state index in [-0.39, 0.29) is 17.7 Å². The van der Waals surface area contributed by atoms with Crippen molar-refractivity contribution < 1.29 is 9.53 Å². The molecule has 0 spiro atoms. The zero-order valence-corrected chi connectivity index (χ0v) is 17.9. The number of aromatic nitrogens is 2. The van der Waals surface area contributed by atoms with Gasteiger partial charge in [-0.3, -0.25) is 4.79 Å². The van der Waals surface area contributed by atoms with Crippen LogP contribution in [0.4, 0.5) is 0 Å². The number of nitrogens with zero attached hydrogens (tertiary/aromatic N) is 2. The number of halogens is 2. The van der Waals surface area contributed by atoms with Gasteiger partial charge in [0.15, 0.2) is 5.16 Å². The van der Waals surface area contributed by atoms with Crippen LogP contribution in [-0.2, 0) is 16.1 Å². The first-order valence-corrected chi connectivity index (χ1v) is 10.5. The van der Waals surface area contributed by atoms with E-state index in [2.05, 4.69) is 14.9 Å². The lowest BCUT2D eigenvalue weighted by atomic mass is 10.1. The minimum absolute atomic E-state index is 0.0751. The van der Waals surface area contributed by atoms with Gasteiger partial charge in [-0.2, -0.15) is 0 Å². The van der Waals surface area contributed by atoms with Crippen molar-refractivity contribution >= 4 is 51.9 Å². The van der Waals surface area contributed by atoms with Crippen molar-refractivity contribution in [2.24, 2.45) is 0 Å². The molecule has 0 radical (unpaired) electrons. The quantitative estimate of drug-likeness (QED) is 0.505. The number of benzene rings is 2. The van der Waals surface area contributed by atoms with Gasteiger partial charge in [-0.1, -0.05) is 53.2 Å². The Bertz CT molecular complexity index is 977. The number of fused-ring (bicyclic) bond motifs is 1. The fourth-order valence-electron chi connectivity index (χ4n) is 2.84. The van der Waals surface area contributed by atoms with Crippen LogP contribution in [0.5, 0.6) is 0 Å². The number of hydrogen-bond donors (Lipinski definition) is 1. The molecule has 8 heteroatoms. The molecule has 0 bridgehead atoms. The minimum atomic E-state index is -0.171. The van der Waals surface area contributed by atoms with E-state index < -0.39 is 0 Å². The van der Waals surface area contributed by atoms with Crippen molar-refractivity contribution in [2.75, 3.05) is 19.5 Å².